The first kappa shape index (κ1) is 22.9. The molecule has 0 saturated heterocycles. The Morgan fingerprint density at radius 2 is 1.66 bits per heavy atom. The maximum absolute atomic E-state index is 12.2. The van der Waals surface area contributed by atoms with Gasteiger partial charge >= 0.3 is 0 Å². The van der Waals surface area contributed by atoms with Crippen molar-refractivity contribution in [1.82, 2.24) is 10.0 Å². The molecule has 7 nitrogen and oxygen atoms in total. The quantitative estimate of drug-likeness (QED) is 0.544. The van der Waals surface area contributed by atoms with E-state index in [1.807, 2.05) is 14.1 Å². The van der Waals surface area contributed by atoms with Crippen molar-refractivity contribution in [3.8, 4) is 0 Å². The number of benzene rings is 2. The third-order valence-electron chi connectivity index (χ3n) is 4.41. The Balaban J connectivity index is 1.80. The lowest BCUT2D eigenvalue weighted by atomic mass is 10.1. The number of nitrogens with zero attached hydrogens (tertiary/aromatic N) is 1. The van der Waals surface area contributed by atoms with Crippen LogP contribution in [0.1, 0.15) is 22.3 Å². The number of methoxy groups -OCH3 is 1. The summed E-state index contributed by atoms with van der Waals surface area (Å²) in [7, 11) is 1.91. The highest BCUT2D eigenvalue weighted by Crippen LogP contribution is 2.13. The number of hydrogen-bond acceptors (Lipinski definition) is 5. The van der Waals surface area contributed by atoms with E-state index < -0.39 is 10.0 Å². The minimum atomic E-state index is -3.60. The van der Waals surface area contributed by atoms with Crippen LogP contribution in [-0.2, 0) is 21.2 Å². The zero-order valence-electron chi connectivity index (χ0n) is 17.1. The number of amides is 1. The maximum atomic E-state index is 12.2. The van der Waals surface area contributed by atoms with E-state index in [2.05, 4.69) is 39.2 Å². The van der Waals surface area contributed by atoms with Gasteiger partial charge in [0.05, 0.1) is 11.5 Å². The van der Waals surface area contributed by atoms with Gasteiger partial charge in [-0.2, -0.15) is 0 Å². The van der Waals surface area contributed by atoms with E-state index in [4.69, 9.17) is 4.74 Å². The molecule has 0 atom stereocenters. The first-order valence-corrected chi connectivity index (χ1v) is 10.9. The second-order valence-electron chi connectivity index (χ2n) is 6.84. The standard InChI is InChI=1S/C21H29N3O4S/c1-24(2)19-10-6-17(7-11-19)5-4-14-22-21(25)18-8-12-20(13-9-18)29(26,27)23-15-16-28-3/h6-13,23H,4-5,14-16H2,1-3H3,(H,22,25). The van der Waals surface area contributed by atoms with Gasteiger partial charge in [-0.1, -0.05) is 12.1 Å². The van der Waals surface area contributed by atoms with Crippen molar-refractivity contribution in [2.75, 3.05) is 45.8 Å². The predicted molar refractivity (Wildman–Crippen MR) is 115 cm³/mol. The summed E-state index contributed by atoms with van der Waals surface area (Å²) in [6.45, 7) is 1.03. The number of carbonyl (C=O) groups is 1. The van der Waals surface area contributed by atoms with Gasteiger partial charge in [0.15, 0.2) is 0 Å². The van der Waals surface area contributed by atoms with Gasteiger partial charge in [-0.05, 0) is 54.8 Å². The van der Waals surface area contributed by atoms with Crippen molar-refractivity contribution in [2.24, 2.45) is 0 Å². The fourth-order valence-corrected chi connectivity index (χ4v) is 3.72. The number of ether oxygens (including phenoxy) is 1. The predicted octanol–water partition coefficient (Wildman–Crippen LogP) is 2.04. The zero-order chi connectivity index (χ0) is 21.3. The molecule has 2 N–H and O–H groups in total. The van der Waals surface area contributed by atoms with Gasteiger partial charge in [-0.3, -0.25) is 4.79 Å². The molecule has 29 heavy (non-hydrogen) atoms. The minimum Gasteiger partial charge on any atom is -0.383 e. The highest BCUT2D eigenvalue weighted by atomic mass is 32.2. The molecular formula is C21H29N3O4S. The van der Waals surface area contributed by atoms with Gasteiger partial charge in [0.1, 0.15) is 0 Å². The molecule has 0 aliphatic rings. The largest absolute Gasteiger partial charge is 0.383 e. The van der Waals surface area contributed by atoms with Crippen LogP contribution >= 0.6 is 0 Å². The lowest BCUT2D eigenvalue weighted by molar-refractivity contribution is 0.0953. The van der Waals surface area contributed by atoms with E-state index >= 15 is 0 Å². The molecule has 8 heteroatoms. The van der Waals surface area contributed by atoms with Gasteiger partial charge in [0.25, 0.3) is 5.91 Å². The second-order valence-corrected chi connectivity index (χ2v) is 8.60. The first-order valence-electron chi connectivity index (χ1n) is 9.46. The molecule has 0 bridgehead atoms. The molecule has 2 rings (SSSR count). The SMILES string of the molecule is COCCNS(=O)(=O)c1ccc(C(=O)NCCCc2ccc(N(C)C)cc2)cc1. The molecule has 0 spiro atoms. The average molecular weight is 420 g/mol. The highest BCUT2D eigenvalue weighted by molar-refractivity contribution is 7.89. The van der Waals surface area contributed by atoms with Crippen LogP contribution in [0.25, 0.3) is 0 Å². The number of hydrogen-bond donors (Lipinski definition) is 2. The van der Waals surface area contributed by atoms with Crippen LogP contribution in [-0.4, -0.2) is 55.2 Å². The molecule has 1 amide bonds. The van der Waals surface area contributed by atoms with Crippen molar-refractivity contribution in [1.29, 1.82) is 0 Å². The van der Waals surface area contributed by atoms with E-state index in [9.17, 15) is 13.2 Å². The molecule has 0 unspecified atom stereocenters. The van der Waals surface area contributed by atoms with Crippen molar-refractivity contribution in [3.05, 3.63) is 59.7 Å². The van der Waals surface area contributed by atoms with E-state index in [0.717, 1.165) is 18.5 Å². The van der Waals surface area contributed by atoms with Gasteiger partial charge in [-0.25, -0.2) is 13.1 Å². The first-order chi connectivity index (χ1) is 13.8. The summed E-state index contributed by atoms with van der Waals surface area (Å²) in [5, 5.41) is 2.87. The zero-order valence-corrected chi connectivity index (χ0v) is 18.0. The number of anilines is 1. The second kappa shape index (κ2) is 10.9. The van der Waals surface area contributed by atoms with Crippen LogP contribution in [0.3, 0.4) is 0 Å². The molecule has 158 valence electrons. The number of carbonyl (C=O) groups excluding carboxylic acids is 1. The third kappa shape index (κ3) is 7.16. The summed E-state index contributed by atoms with van der Waals surface area (Å²) in [5.41, 5.74) is 2.80. The molecule has 0 aliphatic carbocycles. The summed E-state index contributed by atoms with van der Waals surface area (Å²) in [6.07, 6.45) is 1.70. The average Bonchev–Trinajstić information content (AvgIpc) is 2.71. The third-order valence-corrected chi connectivity index (χ3v) is 5.88. The van der Waals surface area contributed by atoms with E-state index in [-0.39, 0.29) is 17.3 Å². The molecule has 0 aliphatic heterocycles. The maximum Gasteiger partial charge on any atom is 0.251 e. The smallest absolute Gasteiger partial charge is 0.251 e. The van der Waals surface area contributed by atoms with Gasteiger partial charge in [-0.15, -0.1) is 0 Å². The van der Waals surface area contributed by atoms with Gasteiger partial charge in [0.2, 0.25) is 10.0 Å². The van der Waals surface area contributed by atoms with Crippen LogP contribution in [0.4, 0.5) is 5.69 Å². The van der Waals surface area contributed by atoms with Crippen LogP contribution in [0.2, 0.25) is 0 Å². The van der Waals surface area contributed by atoms with Crippen LogP contribution in [0.15, 0.2) is 53.4 Å². The fourth-order valence-electron chi connectivity index (χ4n) is 2.70. The number of rotatable bonds is 11. The monoisotopic (exact) mass is 419 g/mol. The molecule has 0 heterocycles. The Kier molecular flexibility index (Phi) is 8.63. The molecule has 0 fully saturated rings. The Morgan fingerprint density at radius 3 is 2.24 bits per heavy atom. The number of sulfonamides is 1. The van der Waals surface area contributed by atoms with E-state index in [1.54, 1.807) is 0 Å². The summed E-state index contributed by atoms with van der Waals surface area (Å²) in [5.74, 6) is -0.218. The van der Waals surface area contributed by atoms with Crippen molar-refractivity contribution >= 4 is 21.6 Å². The number of nitrogens with one attached hydrogen (secondary N) is 2. The number of aryl methyl sites for hydroxylation is 1. The Labute approximate surface area is 173 Å². The Bertz CT molecular complexity index is 879. The summed E-state index contributed by atoms with van der Waals surface area (Å²) in [4.78, 5) is 14.4. The van der Waals surface area contributed by atoms with Gasteiger partial charge in [0, 0.05) is 45.5 Å². The molecule has 2 aromatic rings. The summed E-state index contributed by atoms with van der Waals surface area (Å²) in [6, 6.07) is 14.2. The Hall–Kier alpha value is -2.42. The molecule has 0 radical (unpaired) electrons. The van der Waals surface area contributed by atoms with Crippen LogP contribution < -0.4 is 14.9 Å². The van der Waals surface area contributed by atoms with Crippen molar-refractivity contribution < 1.29 is 17.9 Å². The molecule has 0 saturated carbocycles. The summed E-state index contributed by atoms with van der Waals surface area (Å²) >= 11 is 0. The van der Waals surface area contributed by atoms with Gasteiger partial charge < -0.3 is 15.0 Å². The van der Waals surface area contributed by atoms with E-state index in [0.29, 0.717) is 18.7 Å². The van der Waals surface area contributed by atoms with Crippen molar-refractivity contribution in [3.63, 3.8) is 0 Å². The normalized spacial score (nSPS) is 11.3. The highest BCUT2D eigenvalue weighted by Gasteiger charge is 2.14. The Morgan fingerprint density at radius 1 is 1.00 bits per heavy atom. The van der Waals surface area contributed by atoms with Crippen LogP contribution in [0, 0.1) is 0 Å². The molecular weight excluding hydrogens is 390 g/mol. The molecule has 0 aromatic heterocycles. The van der Waals surface area contributed by atoms with Crippen LogP contribution in [0.5, 0.6) is 0 Å². The lowest BCUT2D eigenvalue weighted by Crippen LogP contribution is -2.27. The fraction of sp³-hybridized carbons (Fsp3) is 0.381. The minimum absolute atomic E-state index is 0.117. The van der Waals surface area contributed by atoms with E-state index in [1.165, 1.54) is 36.9 Å². The van der Waals surface area contributed by atoms with Crippen molar-refractivity contribution in [2.45, 2.75) is 17.7 Å². The summed E-state index contributed by atoms with van der Waals surface area (Å²) < 4.78 is 31.5. The lowest BCUT2D eigenvalue weighted by Gasteiger charge is -2.12. The topological polar surface area (TPSA) is 87.7 Å². The molecule has 2 aromatic carbocycles.